The van der Waals surface area contributed by atoms with Crippen LogP contribution in [0.15, 0.2) is 18.2 Å². The van der Waals surface area contributed by atoms with Gasteiger partial charge in [-0.2, -0.15) is 0 Å². The number of anilines is 1. The van der Waals surface area contributed by atoms with Gasteiger partial charge in [-0.25, -0.2) is 14.0 Å². The Morgan fingerprint density at radius 2 is 2.10 bits per heavy atom. The maximum atomic E-state index is 13.5. The molecule has 2 atom stereocenters. The van der Waals surface area contributed by atoms with E-state index in [0.29, 0.717) is 12.2 Å². The van der Waals surface area contributed by atoms with E-state index in [1.165, 1.54) is 0 Å². The quantitative estimate of drug-likeness (QED) is 0.746. The number of carbonyl (C=O) groups excluding carboxylic acids is 1. The smallest absolute Gasteiger partial charge is 0.335 e. The SMILES string of the molecule is CC(CCS(C)=O)NC(=O)Nc1cc(C(=O)O)ccc1F. The molecular formula is C13H17FN2O4S. The van der Waals surface area contributed by atoms with Gasteiger partial charge in [0.15, 0.2) is 0 Å². The van der Waals surface area contributed by atoms with Crippen LogP contribution in [0, 0.1) is 5.82 Å². The first kappa shape index (κ1) is 17.1. The van der Waals surface area contributed by atoms with Gasteiger partial charge in [0.1, 0.15) is 5.82 Å². The van der Waals surface area contributed by atoms with Crippen molar-refractivity contribution < 1.29 is 23.3 Å². The second-order valence-corrected chi connectivity index (χ2v) is 6.12. The van der Waals surface area contributed by atoms with E-state index in [2.05, 4.69) is 10.6 Å². The van der Waals surface area contributed by atoms with Crippen molar-refractivity contribution in [3.63, 3.8) is 0 Å². The molecule has 0 saturated carbocycles. The molecule has 8 heteroatoms. The summed E-state index contributed by atoms with van der Waals surface area (Å²) in [5, 5.41) is 13.6. The number of carboxylic acid groups (broad SMARTS) is 1. The third kappa shape index (κ3) is 5.90. The van der Waals surface area contributed by atoms with Gasteiger partial charge in [-0.15, -0.1) is 0 Å². The Balaban J connectivity index is 2.64. The number of aromatic carboxylic acids is 1. The number of nitrogens with one attached hydrogen (secondary N) is 2. The summed E-state index contributed by atoms with van der Waals surface area (Å²) < 4.78 is 24.5. The van der Waals surface area contributed by atoms with E-state index in [1.54, 1.807) is 13.2 Å². The standard InChI is InChI=1S/C13H17FN2O4S/c1-8(5-6-21(2)20)15-13(19)16-11-7-9(12(17)18)3-4-10(11)14/h3-4,7-8H,5-6H2,1-2H3,(H,17,18)(H2,15,16,19). The number of benzene rings is 1. The lowest BCUT2D eigenvalue weighted by Crippen LogP contribution is -2.37. The number of hydrogen-bond donors (Lipinski definition) is 3. The number of rotatable bonds is 6. The van der Waals surface area contributed by atoms with Gasteiger partial charge in [-0.1, -0.05) is 0 Å². The van der Waals surface area contributed by atoms with Crippen molar-refractivity contribution in [3.8, 4) is 0 Å². The highest BCUT2D eigenvalue weighted by Gasteiger charge is 2.12. The number of halogens is 1. The lowest BCUT2D eigenvalue weighted by Gasteiger charge is -2.14. The van der Waals surface area contributed by atoms with Crippen LogP contribution in [-0.4, -0.2) is 39.4 Å². The highest BCUT2D eigenvalue weighted by atomic mass is 32.2. The molecule has 1 aromatic carbocycles. The van der Waals surface area contributed by atoms with Crippen molar-refractivity contribution in [2.45, 2.75) is 19.4 Å². The van der Waals surface area contributed by atoms with Crippen LogP contribution >= 0.6 is 0 Å². The third-order valence-electron chi connectivity index (χ3n) is 2.68. The molecular weight excluding hydrogens is 299 g/mol. The minimum atomic E-state index is -1.21. The predicted octanol–water partition coefficient (Wildman–Crippen LogP) is 1.80. The van der Waals surface area contributed by atoms with E-state index in [1.807, 2.05) is 0 Å². The number of carboxylic acids is 1. The summed E-state index contributed by atoms with van der Waals surface area (Å²) in [7, 11) is -0.948. The molecule has 0 aliphatic rings. The van der Waals surface area contributed by atoms with Crippen LogP contribution in [0.1, 0.15) is 23.7 Å². The molecule has 0 heterocycles. The summed E-state index contributed by atoms with van der Waals surface area (Å²) in [6.45, 7) is 1.73. The fourth-order valence-electron chi connectivity index (χ4n) is 1.55. The molecule has 0 aromatic heterocycles. The molecule has 21 heavy (non-hydrogen) atoms. The number of carbonyl (C=O) groups is 2. The van der Waals surface area contributed by atoms with Crippen molar-refractivity contribution in [1.29, 1.82) is 0 Å². The molecule has 0 saturated heterocycles. The van der Waals surface area contributed by atoms with E-state index in [9.17, 15) is 18.2 Å². The van der Waals surface area contributed by atoms with Crippen LogP contribution < -0.4 is 10.6 Å². The minimum Gasteiger partial charge on any atom is -0.478 e. The minimum absolute atomic E-state index is 0.124. The predicted molar refractivity (Wildman–Crippen MR) is 78.5 cm³/mol. The van der Waals surface area contributed by atoms with Crippen LogP contribution in [0.2, 0.25) is 0 Å². The normalized spacial score (nSPS) is 13.3. The molecule has 1 rings (SSSR count). The summed E-state index contributed by atoms with van der Waals surface area (Å²) >= 11 is 0. The number of amides is 2. The molecule has 0 fully saturated rings. The molecule has 0 bridgehead atoms. The monoisotopic (exact) mass is 316 g/mol. The average Bonchev–Trinajstić information content (AvgIpc) is 2.38. The molecule has 2 amide bonds. The summed E-state index contributed by atoms with van der Waals surface area (Å²) in [6, 6.07) is 2.25. The Kier molecular flexibility index (Phi) is 6.29. The lowest BCUT2D eigenvalue weighted by molar-refractivity contribution is 0.0697. The van der Waals surface area contributed by atoms with Crippen molar-refractivity contribution in [2.24, 2.45) is 0 Å². The van der Waals surface area contributed by atoms with Gasteiger partial charge in [0.2, 0.25) is 0 Å². The molecule has 0 aliphatic carbocycles. The summed E-state index contributed by atoms with van der Waals surface area (Å²) in [4.78, 5) is 22.5. The van der Waals surface area contributed by atoms with Crippen LogP contribution in [0.3, 0.4) is 0 Å². The van der Waals surface area contributed by atoms with E-state index in [0.717, 1.165) is 18.2 Å². The van der Waals surface area contributed by atoms with Gasteiger partial charge >= 0.3 is 12.0 Å². The maximum absolute atomic E-state index is 13.5. The Labute approximate surface area is 124 Å². The van der Waals surface area contributed by atoms with Crippen molar-refractivity contribution >= 4 is 28.5 Å². The summed E-state index contributed by atoms with van der Waals surface area (Å²) in [5.41, 5.74) is -0.334. The van der Waals surface area contributed by atoms with Crippen molar-refractivity contribution in [2.75, 3.05) is 17.3 Å². The second kappa shape index (κ2) is 7.72. The Morgan fingerprint density at radius 1 is 1.43 bits per heavy atom. The Hall–Kier alpha value is -1.96. The average molecular weight is 316 g/mol. The zero-order chi connectivity index (χ0) is 16.0. The van der Waals surface area contributed by atoms with E-state index >= 15 is 0 Å². The van der Waals surface area contributed by atoms with Gasteiger partial charge in [-0.05, 0) is 31.5 Å². The highest BCUT2D eigenvalue weighted by molar-refractivity contribution is 7.84. The fourth-order valence-corrected chi connectivity index (χ4v) is 2.24. The van der Waals surface area contributed by atoms with Gasteiger partial charge in [0.05, 0.1) is 11.3 Å². The fraction of sp³-hybridized carbons (Fsp3) is 0.385. The maximum Gasteiger partial charge on any atom is 0.335 e. The van der Waals surface area contributed by atoms with Crippen LogP contribution in [0.25, 0.3) is 0 Å². The Bertz CT molecular complexity index is 565. The number of hydrogen-bond acceptors (Lipinski definition) is 3. The molecule has 0 spiro atoms. The first-order valence-corrected chi connectivity index (χ1v) is 7.92. The van der Waals surface area contributed by atoms with Crippen LogP contribution in [0.4, 0.5) is 14.9 Å². The van der Waals surface area contributed by atoms with Crippen molar-refractivity contribution in [1.82, 2.24) is 5.32 Å². The second-order valence-electron chi connectivity index (χ2n) is 4.57. The zero-order valence-corrected chi connectivity index (χ0v) is 12.5. The molecule has 1 aromatic rings. The van der Waals surface area contributed by atoms with Gasteiger partial charge in [0.25, 0.3) is 0 Å². The van der Waals surface area contributed by atoms with Gasteiger partial charge in [0, 0.05) is 28.9 Å². The van der Waals surface area contributed by atoms with Crippen molar-refractivity contribution in [3.05, 3.63) is 29.6 Å². The molecule has 6 nitrogen and oxygen atoms in total. The molecule has 0 radical (unpaired) electrons. The van der Waals surface area contributed by atoms with Gasteiger partial charge in [-0.3, -0.25) is 4.21 Å². The van der Waals surface area contributed by atoms with E-state index in [4.69, 9.17) is 5.11 Å². The Morgan fingerprint density at radius 3 is 2.67 bits per heavy atom. The van der Waals surface area contributed by atoms with Crippen LogP contribution in [-0.2, 0) is 10.8 Å². The topological polar surface area (TPSA) is 95.5 Å². The van der Waals surface area contributed by atoms with E-state index < -0.39 is 28.6 Å². The first-order chi connectivity index (χ1) is 9.79. The molecule has 3 N–H and O–H groups in total. The molecule has 116 valence electrons. The summed E-state index contributed by atoms with van der Waals surface area (Å²) in [6.07, 6.45) is 2.09. The molecule has 2 unspecified atom stereocenters. The summed E-state index contributed by atoms with van der Waals surface area (Å²) in [5.74, 6) is -1.49. The third-order valence-corrected chi connectivity index (χ3v) is 3.49. The van der Waals surface area contributed by atoms with Crippen LogP contribution in [0.5, 0.6) is 0 Å². The first-order valence-electron chi connectivity index (χ1n) is 6.20. The number of urea groups is 1. The van der Waals surface area contributed by atoms with Gasteiger partial charge < -0.3 is 15.7 Å². The zero-order valence-electron chi connectivity index (χ0n) is 11.7. The lowest BCUT2D eigenvalue weighted by atomic mass is 10.2. The highest BCUT2D eigenvalue weighted by Crippen LogP contribution is 2.16. The van der Waals surface area contributed by atoms with E-state index in [-0.39, 0.29) is 17.3 Å². The largest absolute Gasteiger partial charge is 0.478 e. The molecule has 0 aliphatic heterocycles.